The molecule has 2 heterocycles. The van der Waals surface area contributed by atoms with Crippen LogP contribution in [0, 0.1) is 22.7 Å². The number of hydrogen-bond acceptors (Lipinski definition) is 4. The van der Waals surface area contributed by atoms with Crippen molar-refractivity contribution in [1.82, 2.24) is 14.9 Å². The number of rotatable bonds is 2. The summed E-state index contributed by atoms with van der Waals surface area (Å²) < 4.78 is 1.98. The van der Waals surface area contributed by atoms with E-state index >= 15 is 0 Å². The quantitative estimate of drug-likeness (QED) is 0.899. The lowest BCUT2D eigenvalue weighted by Crippen LogP contribution is -2.16. The van der Waals surface area contributed by atoms with Crippen molar-refractivity contribution in [3.8, 4) is 17.8 Å². The van der Waals surface area contributed by atoms with Crippen LogP contribution in [0.25, 0.3) is 5.69 Å². The molecule has 5 nitrogen and oxygen atoms in total. The molecule has 0 aliphatic carbocycles. The first-order valence-electron chi connectivity index (χ1n) is 6.53. The summed E-state index contributed by atoms with van der Waals surface area (Å²) in [4.78, 5) is 4.22. The maximum atomic E-state index is 9.11. The van der Waals surface area contributed by atoms with Crippen molar-refractivity contribution in [1.29, 1.82) is 10.5 Å². The zero-order valence-corrected chi connectivity index (χ0v) is 10.9. The Morgan fingerprint density at radius 2 is 2.10 bits per heavy atom. The molecule has 1 N–H and O–H groups in total. The van der Waals surface area contributed by atoms with Gasteiger partial charge in [-0.25, -0.2) is 4.98 Å². The molecule has 1 fully saturated rings. The molecule has 1 aromatic heterocycles. The van der Waals surface area contributed by atoms with Gasteiger partial charge in [-0.15, -0.1) is 0 Å². The molecule has 0 bridgehead atoms. The molecule has 1 aliphatic heterocycles. The number of nitrogens with zero attached hydrogens (tertiary/aromatic N) is 4. The monoisotopic (exact) mass is 263 g/mol. The van der Waals surface area contributed by atoms with Gasteiger partial charge in [0.1, 0.15) is 12.1 Å². The van der Waals surface area contributed by atoms with Crippen LogP contribution in [0.15, 0.2) is 30.7 Å². The van der Waals surface area contributed by atoms with Crippen LogP contribution in [-0.4, -0.2) is 16.1 Å². The number of hydrogen-bond donors (Lipinski definition) is 1. The first-order chi connectivity index (χ1) is 9.83. The predicted molar refractivity (Wildman–Crippen MR) is 73.0 cm³/mol. The van der Waals surface area contributed by atoms with Crippen molar-refractivity contribution in [2.24, 2.45) is 0 Å². The summed E-state index contributed by atoms with van der Waals surface area (Å²) in [7, 11) is 0. The van der Waals surface area contributed by atoms with Crippen LogP contribution < -0.4 is 5.32 Å². The summed E-state index contributed by atoms with van der Waals surface area (Å²) >= 11 is 0. The second-order valence-electron chi connectivity index (χ2n) is 4.79. The normalized spacial score (nSPS) is 17.6. The molecule has 0 amide bonds. The lowest BCUT2D eigenvalue weighted by Gasteiger charge is -2.14. The Morgan fingerprint density at radius 1 is 1.25 bits per heavy atom. The minimum atomic E-state index is 0.304. The third kappa shape index (κ3) is 2.05. The summed E-state index contributed by atoms with van der Waals surface area (Å²) in [6, 6.07) is 9.66. The molecule has 2 aromatic rings. The van der Waals surface area contributed by atoms with Gasteiger partial charge >= 0.3 is 0 Å². The van der Waals surface area contributed by atoms with Gasteiger partial charge in [0.2, 0.25) is 0 Å². The zero-order chi connectivity index (χ0) is 13.9. The molecule has 3 rings (SSSR count). The molecule has 0 radical (unpaired) electrons. The Morgan fingerprint density at radius 3 is 2.80 bits per heavy atom. The maximum absolute atomic E-state index is 9.11. The average Bonchev–Trinajstić information content (AvgIpc) is 3.16. The van der Waals surface area contributed by atoms with Crippen molar-refractivity contribution >= 4 is 0 Å². The van der Waals surface area contributed by atoms with E-state index in [0.717, 1.165) is 30.8 Å². The van der Waals surface area contributed by atoms with E-state index < -0.39 is 0 Å². The van der Waals surface area contributed by atoms with Gasteiger partial charge in [-0.05, 0) is 37.6 Å². The third-order valence-electron chi connectivity index (χ3n) is 3.61. The highest BCUT2D eigenvalue weighted by Gasteiger charge is 2.20. The average molecular weight is 263 g/mol. The molecular formula is C15H13N5. The fourth-order valence-corrected chi connectivity index (χ4v) is 2.59. The van der Waals surface area contributed by atoms with E-state index in [1.165, 1.54) is 0 Å². The van der Waals surface area contributed by atoms with Crippen LogP contribution >= 0.6 is 0 Å². The second-order valence-corrected chi connectivity index (χ2v) is 4.79. The van der Waals surface area contributed by atoms with Crippen LogP contribution in [-0.2, 0) is 0 Å². The Labute approximate surface area is 117 Å². The van der Waals surface area contributed by atoms with Crippen LogP contribution in [0.5, 0.6) is 0 Å². The van der Waals surface area contributed by atoms with E-state index in [9.17, 15) is 0 Å². The van der Waals surface area contributed by atoms with Gasteiger partial charge < -0.3 is 9.88 Å². The highest BCUT2D eigenvalue weighted by molar-refractivity contribution is 5.52. The molecule has 20 heavy (non-hydrogen) atoms. The molecule has 1 aromatic carbocycles. The molecule has 98 valence electrons. The molecule has 0 spiro atoms. The highest BCUT2D eigenvalue weighted by atomic mass is 15.1. The predicted octanol–water partition coefficient (Wildman–Crippen LogP) is 2.04. The summed E-state index contributed by atoms with van der Waals surface area (Å²) in [5, 5.41) is 21.5. The molecule has 5 heteroatoms. The Hall–Kier alpha value is -2.63. The topological polar surface area (TPSA) is 77.4 Å². The fraction of sp³-hybridized carbons (Fsp3) is 0.267. The molecule has 0 saturated carbocycles. The van der Waals surface area contributed by atoms with Crippen LogP contribution in [0.4, 0.5) is 0 Å². The van der Waals surface area contributed by atoms with Crippen LogP contribution in [0.1, 0.15) is 35.7 Å². The Kier molecular flexibility index (Phi) is 3.20. The fourth-order valence-electron chi connectivity index (χ4n) is 2.59. The summed E-state index contributed by atoms with van der Waals surface area (Å²) in [6.45, 7) is 1.02. The third-order valence-corrected chi connectivity index (χ3v) is 3.61. The van der Waals surface area contributed by atoms with Gasteiger partial charge in [0, 0.05) is 11.7 Å². The zero-order valence-electron chi connectivity index (χ0n) is 10.9. The minimum absolute atomic E-state index is 0.304. The SMILES string of the molecule is N#Cc1ccc(-n2cncc2[C@@H]2CCCN2)cc1C#N. The maximum Gasteiger partial charge on any atom is 0.101 e. The van der Waals surface area contributed by atoms with Gasteiger partial charge in [0.05, 0.1) is 29.3 Å². The Balaban J connectivity index is 2.04. The lowest BCUT2D eigenvalue weighted by molar-refractivity contribution is 0.615. The lowest BCUT2D eigenvalue weighted by atomic mass is 10.1. The van der Waals surface area contributed by atoms with Crippen molar-refractivity contribution in [3.63, 3.8) is 0 Å². The standard InChI is InChI=1S/C15H13N5/c16-7-11-3-4-13(6-12(11)8-17)20-10-18-9-15(20)14-2-1-5-19-14/h3-4,6,9-10,14,19H,1-2,5H2/t14-/m0/s1. The van der Waals surface area contributed by atoms with Gasteiger partial charge in [-0.3, -0.25) is 0 Å². The molecule has 0 unspecified atom stereocenters. The van der Waals surface area contributed by atoms with Crippen molar-refractivity contribution < 1.29 is 0 Å². The van der Waals surface area contributed by atoms with Crippen molar-refractivity contribution in [3.05, 3.63) is 47.5 Å². The molecular weight excluding hydrogens is 250 g/mol. The Bertz CT molecular complexity index is 711. The van der Waals surface area contributed by atoms with Crippen molar-refractivity contribution in [2.45, 2.75) is 18.9 Å². The number of nitrogens with one attached hydrogen (secondary N) is 1. The first kappa shape index (κ1) is 12.4. The van der Waals surface area contributed by atoms with Gasteiger partial charge in [-0.1, -0.05) is 0 Å². The molecule has 1 saturated heterocycles. The van der Waals surface area contributed by atoms with E-state index in [2.05, 4.69) is 16.4 Å². The van der Waals surface area contributed by atoms with E-state index in [0.29, 0.717) is 17.2 Å². The van der Waals surface area contributed by atoms with Gasteiger partial charge in [0.15, 0.2) is 0 Å². The van der Waals surface area contributed by atoms with E-state index in [-0.39, 0.29) is 0 Å². The van der Waals surface area contributed by atoms with Gasteiger partial charge in [0.25, 0.3) is 0 Å². The number of benzene rings is 1. The van der Waals surface area contributed by atoms with Gasteiger partial charge in [-0.2, -0.15) is 10.5 Å². The molecule has 1 aliphatic rings. The first-order valence-corrected chi connectivity index (χ1v) is 6.53. The summed E-state index contributed by atoms with van der Waals surface area (Å²) in [6.07, 6.45) is 5.85. The number of nitriles is 2. The smallest absolute Gasteiger partial charge is 0.101 e. The van der Waals surface area contributed by atoms with E-state index in [4.69, 9.17) is 10.5 Å². The largest absolute Gasteiger partial charge is 0.309 e. The summed E-state index contributed by atoms with van der Waals surface area (Å²) in [5.41, 5.74) is 2.75. The van der Waals surface area contributed by atoms with E-state index in [1.54, 1.807) is 18.5 Å². The van der Waals surface area contributed by atoms with Crippen LogP contribution in [0.3, 0.4) is 0 Å². The summed E-state index contributed by atoms with van der Waals surface area (Å²) in [5.74, 6) is 0. The van der Waals surface area contributed by atoms with E-state index in [1.807, 2.05) is 22.9 Å². The van der Waals surface area contributed by atoms with Crippen LogP contribution in [0.2, 0.25) is 0 Å². The number of imidazole rings is 1. The second kappa shape index (κ2) is 5.16. The minimum Gasteiger partial charge on any atom is -0.309 e. The number of aromatic nitrogens is 2. The molecule has 1 atom stereocenters. The van der Waals surface area contributed by atoms with Crippen molar-refractivity contribution in [2.75, 3.05) is 6.54 Å². The highest BCUT2D eigenvalue weighted by Crippen LogP contribution is 2.25.